The lowest BCUT2D eigenvalue weighted by Crippen LogP contribution is -2.28. The highest BCUT2D eigenvalue weighted by Crippen LogP contribution is 2.21. The average Bonchev–Trinajstić information content (AvgIpc) is 2.61. The van der Waals surface area contributed by atoms with Gasteiger partial charge in [-0.2, -0.15) is 0 Å². The Morgan fingerprint density at radius 2 is 2.28 bits per heavy atom. The van der Waals surface area contributed by atoms with Gasteiger partial charge in [0.1, 0.15) is 5.82 Å². The zero-order valence-electron chi connectivity index (χ0n) is 11.0. The predicted octanol–water partition coefficient (Wildman–Crippen LogP) is 1.96. The fraction of sp³-hybridized carbons (Fsp3) is 0.538. The lowest BCUT2D eigenvalue weighted by Gasteiger charge is -2.22. The van der Waals surface area contributed by atoms with Crippen molar-refractivity contribution in [2.75, 3.05) is 32.1 Å². The molecule has 0 radical (unpaired) electrons. The van der Waals surface area contributed by atoms with E-state index in [1.54, 1.807) is 4.90 Å². The number of anilines is 1. The molecule has 0 saturated carbocycles. The zero-order chi connectivity index (χ0) is 13.3. The molecule has 1 atom stereocenters. The van der Waals surface area contributed by atoms with E-state index < -0.39 is 0 Å². The van der Waals surface area contributed by atoms with Gasteiger partial charge in [-0.15, -0.1) is 0 Å². The van der Waals surface area contributed by atoms with Gasteiger partial charge in [0.25, 0.3) is 0 Å². The van der Waals surface area contributed by atoms with Crippen LogP contribution in [0.3, 0.4) is 0 Å². The summed E-state index contributed by atoms with van der Waals surface area (Å²) in [6, 6.07) is 3.78. The van der Waals surface area contributed by atoms with Crippen LogP contribution in [0.5, 0.6) is 0 Å². The van der Waals surface area contributed by atoms with E-state index in [2.05, 4.69) is 9.88 Å². The lowest BCUT2D eigenvalue weighted by molar-refractivity contribution is -0.126. The van der Waals surface area contributed by atoms with Crippen molar-refractivity contribution in [3.05, 3.63) is 22.8 Å². The monoisotopic (exact) mass is 267 g/mol. The average molecular weight is 268 g/mol. The summed E-state index contributed by atoms with van der Waals surface area (Å²) in [6.07, 6.45) is 0.632. The number of aromatic nitrogens is 1. The van der Waals surface area contributed by atoms with E-state index in [0.29, 0.717) is 17.4 Å². The molecule has 2 rings (SSSR count). The summed E-state index contributed by atoms with van der Waals surface area (Å²) >= 11 is 5.96. The first kappa shape index (κ1) is 13.1. The first-order chi connectivity index (χ1) is 8.47. The minimum atomic E-state index is 0.230. The molecular formula is C13H18ClN3O. The molecule has 2 heterocycles. The Morgan fingerprint density at radius 1 is 1.56 bits per heavy atom. The minimum absolute atomic E-state index is 0.230. The van der Waals surface area contributed by atoms with Crippen LogP contribution in [0, 0.1) is 12.8 Å². The SMILES string of the molecule is Cc1nc(N(C)CC2CC(=O)N(C)C2)ccc1Cl. The molecule has 1 aromatic rings. The lowest BCUT2D eigenvalue weighted by atomic mass is 10.1. The second-order valence-corrected chi connectivity index (χ2v) is 5.37. The Balaban J connectivity index is 2.01. The molecule has 0 spiro atoms. The normalized spacial score (nSPS) is 19.4. The summed E-state index contributed by atoms with van der Waals surface area (Å²) in [6.45, 7) is 3.56. The molecule has 1 aromatic heterocycles. The van der Waals surface area contributed by atoms with Crippen molar-refractivity contribution in [1.82, 2.24) is 9.88 Å². The van der Waals surface area contributed by atoms with Crippen LogP contribution in [-0.4, -0.2) is 43.0 Å². The van der Waals surface area contributed by atoms with Crippen LogP contribution in [0.2, 0.25) is 5.02 Å². The van der Waals surface area contributed by atoms with Crippen LogP contribution in [0.4, 0.5) is 5.82 Å². The van der Waals surface area contributed by atoms with Gasteiger partial charge in [-0.3, -0.25) is 4.79 Å². The van der Waals surface area contributed by atoms with Gasteiger partial charge < -0.3 is 9.80 Å². The Morgan fingerprint density at radius 3 is 2.83 bits per heavy atom. The van der Waals surface area contributed by atoms with Gasteiger partial charge in [-0.05, 0) is 19.1 Å². The summed E-state index contributed by atoms with van der Waals surface area (Å²) in [5.74, 6) is 1.51. The predicted molar refractivity (Wildman–Crippen MR) is 73.0 cm³/mol. The molecule has 1 unspecified atom stereocenters. The third-order valence-electron chi connectivity index (χ3n) is 3.35. The third-order valence-corrected chi connectivity index (χ3v) is 3.75. The molecule has 98 valence electrons. The summed E-state index contributed by atoms with van der Waals surface area (Å²) in [7, 11) is 3.85. The van der Waals surface area contributed by atoms with E-state index in [0.717, 1.165) is 24.6 Å². The van der Waals surface area contributed by atoms with Crippen molar-refractivity contribution in [2.24, 2.45) is 5.92 Å². The summed E-state index contributed by atoms with van der Waals surface area (Å²) in [5, 5.41) is 0.683. The van der Waals surface area contributed by atoms with Gasteiger partial charge in [-0.1, -0.05) is 11.6 Å². The second kappa shape index (κ2) is 5.14. The fourth-order valence-corrected chi connectivity index (χ4v) is 2.41. The minimum Gasteiger partial charge on any atom is -0.359 e. The molecule has 0 aromatic carbocycles. The van der Waals surface area contributed by atoms with Gasteiger partial charge in [0, 0.05) is 39.5 Å². The molecule has 1 aliphatic heterocycles. The number of amides is 1. The summed E-state index contributed by atoms with van der Waals surface area (Å²) in [4.78, 5) is 19.8. The van der Waals surface area contributed by atoms with Crippen molar-refractivity contribution < 1.29 is 4.79 Å². The maximum Gasteiger partial charge on any atom is 0.222 e. The highest BCUT2D eigenvalue weighted by molar-refractivity contribution is 6.31. The fourth-order valence-electron chi connectivity index (χ4n) is 2.30. The summed E-state index contributed by atoms with van der Waals surface area (Å²) in [5.41, 5.74) is 0.834. The van der Waals surface area contributed by atoms with Crippen molar-refractivity contribution in [3.8, 4) is 0 Å². The molecule has 0 N–H and O–H groups in total. The van der Waals surface area contributed by atoms with Crippen LogP contribution in [0.25, 0.3) is 0 Å². The largest absolute Gasteiger partial charge is 0.359 e. The number of halogens is 1. The van der Waals surface area contributed by atoms with Gasteiger partial charge in [0.15, 0.2) is 0 Å². The molecular weight excluding hydrogens is 250 g/mol. The number of likely N-dealkylation sites (tertiary alicyclic amines) is 1. The molecule has 4 nitrogen and oxygen atoms in total. The molecule has 1 fully saturated rings. The quantitative estimate of drug-likeness (QED) is 0.840. The highest BCUT2D eigenvalue weighted by atomic mass is 35.5. The van der Waals surface area contributed by atoms with Crippen LogP contribution in [0.15, 0.2) is 12.1 Å². The number of rotatable bonds is 3. The molecule has 1 amide bonds. The zero-order valence-corrected chi connectivity index (χ0v) is 11.7. The van der Waals surface area contributed by atoms with Gasteiger partial charge in [0.05, 0.1) is 10.7 Å². The molecule has 0 bridgehead atoms. The van der Waals surface area contributed by atoms with E-state index in [9.17, 15) is 4.79 Å². The number of hydrogen-bond acceptors (Lipinski definition) is 3. The number of nitrogens with zero attached hydrogens (tertiary/aromatic N) is 3. The van der Waals surface area contributed by atoms with Gasteiger partial charge in [-0.25, -0.2) is 4.98 Å². The number of carbonyl (C=O) groups excluding carboxylic acids is 1. The number of carbonyl (C=O) groups is 1. The summed E-state index contributed by atoms with van der Waals surface area (Å²) < 4.78 is 0. The third kappa shape index (κ3) is 2.75. The van der Waals surface area contributed by atoms with Gasteiger partial charge >= 0.3 is 0 Å². The Bertz CT molecular complexity index is 464. The van der Waals surface area contributed by atoms with E-state index in [4.69, 9.17) is 11.6 Å². The Kier molecular flexibility index (Phi) is 3.76. The van der Waals surface area contributed by atoms with Crippen LogP contribution in [-0.2, 0) is 4.79 Å². The number of hydrogen-bond donors (Lipinski definition) is 0. The van der Waals surface area contributed by atoms with Crippen molar-refractivity contribution in [2.45, 2.75) is 13.3 Å². The van der Waals surface area contributed by atoms with Crippen molar-refractivity contribution in [3.63, 3.8) is 0 Å². The maximum atomic E-state index is 11.5. The second-order valence-electron chi connectivity index (χ2n) is 4.96. The molecule has 1 saturated heterocycles. The highest BCUT2D eigenvalue weighted by Gasteiger charge is 2.27. The topological polar surface area (TPSA) is 36.4 Å². The molecule has 18 heavy (non-hydrogen) atoms. The molecule has 0 aliphatic carbocycles. The van der Waals surface area contributed by atoms with Gasteiger partial charge in [0.2, 0.25) is 5.91 Å². The molecule has 5 heteroatoms. The number of aryl methyl sites for hydroxylation is 1. The van der Waals surface area contributed by atoms with Crippen LogP contribution >= 0.6 is 11.6 Å². The van der Waals surface area contributed by atoms with E-state index in [1.807, 2.05) is 33.2 Å². The van der Waals surface area contributed by atoms with Crippen molar-refractivity contribution in [1.29, 1.82) is 0 Å². The first-order valence-corrected chi connectivity index (χ1v) is 6.43. The smallest absolute Gasteiger partial charge is 0.222 e. The van der Waals surface area contributed by atoms with E-state index in [1.165, 1.54) is 0 Å². The number of pyridine rings is 1. The van der Waals surface area contributed by atoms with Crippen LogP contribution < -0.4 is 4.90 Å². The first-order valence-electron chi connectivity index (χ1n) is 6.05. The maximum absolute atomic E-state index is 11.5. The molecule has 1 aliphatic rings. The standard InChI is InChI=1S/C13H18ClN3O/c1-9-11(14)4-5-12(15-9)16(2)7-10-6-13(18)17(3)8-10/h4-5,10H,6-8H2,1-3H3. The van der Waals surface area contributed by atoms with Crippen molar-refractivity contribution >= 4 is 23.3 Å². The van der Waals surface area contributed by atoms with E-state index in [-0.39, 0.29) is 5.91 Å². The van der Waals surface area contributed by atoms with E-state index >= 15 is 0 Å². The Labute approximate surface area is 113 Å². The van der Waals surface area contributed by atoms with Crippen LogP contribution in [0.1, 0.15) is 12.1 Å². The Hall–Kier alpha value is -1.29.